The number of nitrogens with zero attached hydrogens (tertiary/aromatic N) is 1. The summed E-state index contributed by atoms with van der Waals surface area (Å²) in [4.78, 5) is 0. The Morgan fingerprint density at radius 3 is 2.33 bits per heavy atom. The fourth-order valence-corrected chi connectivity index (χ4v) is 5.88. The molecule has 0 radical (unpaired) electrons. The summed E-state index contributed by atoms with van der Waals surface area (Å²) in [5.74, 6) is 1.30. The summed E-state index contributed by atoms with van der Waals surface area (Å²) >= 11 is 0. The molecule has 3 saturated heterocycles. The first-order valence-corrected chi connectivity index (χ1v) is 10.2. The van der Waals surface area contributed by atoms with Gasteiger partial charge in [0, 0.05) is 24.3 Å². The minimum Gasteiger partial charge on any atom is -0.390 e. The van der Waals surface area contributed by atoms with E-state index >= 15 is 0 Å². The van der Waals surface area contributed by atoms with Gasteiger partial charge in [0.1, 0.15) is 12.6 Å². The first-order chi connectivity index (χ1) is 13.2. The third kappa shape index (κ3) is 2.62. The van der Waals surface area contributed by atoms with Crippen molar-refractivity contribution in [2.75, 3.05) is 19.7 Å². The second kappa shape index (κ2) is 6.47. The van der Waals surface area contributed by atoms with Crippen LogP contribution in [0.4, 0.5) is 0 Å². The van der Waals surface area contributed by atoms with Crippen molar-refractivity contribution < 1.29 is 9.59 Å². The molecule has 3 heterocycles. The molecule has 6 rings (SSSR count). The lowest BCUT2D eigenvalue weighted by Crippen LogP contribution is -2.67. The van der Waals surface area contributed by atoms with Gasteiger partial charge in [-0.1, -0.05) is 54.6 Å². The molecule has 138 valence electrons. The Labute approximate surface area is 161 Å². The van der Waals surface area contributed by atoms with Crippen LogP contribution in [0.2, 0.25) is 0 Å². The number of benzene rings is 3. The molecule has 2 nitrogen and oxygen atoms in total. The largest absolute Gasteiger partial charge is 0.390 e. The van der Waals surface area contributed by atoms with Gasteiger partial charge in [0.15, 0.2) is 0 Å². The molecule has 4 atom stereocenters. The van der Waals surface area contributed by atoms with Gasteiger partial charge in [-0.3, -0.25) is 0 Å². The second-order valence-electron chi connectivity index (χ2n) is 8.60. The number of rotatable bonds is 4. The Morgan fingerprint density at radius 1 is 1.04 bits per heavy atom. The summed E-state index contributed by atoms with van der Waals surface area (Å²) in [7, 11) is 0. The van der Waals surface area contributed by atoms with Gasteiger partial charge in [-0.15, -0.1) is 6.58 Å². The maximum absolute atomic E-state index is 10.2. The first kappa shape index (κ1) is 17.0. The molecule has 0 spiro atoms. The summed E-state index contributed by atoms with van der Waals surface area (Å²) in [5.41, 5.74) is 1.45. The molecule has 3 aliphatic rings. The van der Waals surface area contributed by atoms with Crippen LogP contribution in [0.15, 0.2) is 67.3 Å². The van der Waals surface area contributed by atoms with Crippen molar-refractivity contribution in [2.45, 2.75) is 25.4 Å². The van der Waals surface area contributed by atoms with Crippen LogP contribution < -0.4 is 0 Å². The molecule has 2 heteroatoms. The van der Waals surface area contributed by atoms with Gasteiger partial charge in [0.2, 0.25) is 0 Å². The molecule has 3 aromatic rings. The second-order valence-corrected chi connectivity index (χ2v) is 8.60. The van der Waals surface area contributed by atoms with E-state index in [1.54, 1.807) is 0 Å². The van der Waals surface area contributed by atoms with E-state index in [1.807, 2.05) is 0 Å². The Balaban J connectivity index is 1.69. The molecular weight excluding hydrogens is 330 g/mol. The van der Waals surface area contributed by atoms with Crippen molar-refractivity contribution in [1.82, 2.24) is 0 Å². The number of fused-ring (bicyclic) bond motifs is 5. The van der Waals surface area contributed by atoms with Crippen LogP contribution in [0.3, 0.4) is 0 Å². The van der Waals surface area contributed by atoms with Gasteiger partial charge < -0.3 is 9.59 Å². The molecule has 3 fully saturated rings. The number of hydrogen-bond donors (Lipinski definition) is 1. The van der Waals surface area contributed by atoms with Crippen molar-refractivity contribution in [1.29, 1.82) is 0 Å². The minimum atomic E-state index is 0.295. The van der Waals surface area contributed by atoms with Crippen molar-refractivity contribution in [3.05, 3.63) is 72.8 Å². The molecule has 0 aliphatic carbocycles. The number of piperidine rings is 3. The van der Waals surface area contributed by atoms with E-state index in [0.717, 1.165) is 24.0 Å². The van der Waals surface area contributed by atoms with Crippen molar-refractivity contribution >= 4 is 21.5 Å². The van der Waals surface area contributed by atoms with E-state index in [-0.39, 0.29) is 0 Å². The Bertz CT molecular complexity index is 956. The number of quaternary nitrogens is 1. The fourth-order valence-electron chi connectivity index (χ4n) is 5.88. The summed E-state index contributed by atoms with van der Waals surface area (Å²) in [6, 6.07) is 20.2. The molecule has 3 aliphatic heterocycles. The number of hydrogen-bond acceptors (Lipinski definition) is 1. The van der Waals surface area contributed by atoms with Gasteiger partial charge >= 0.3 is 0 Å². The first-order valence-electron chi connectivity index (χ1n) is 10.2. The van der Waals surface area contributed by atoms with Crippen LogP contribution >= 0.6 is 0 Å². The van der Waals surface area contributed by atoms with Crippen molar-refractivity contribution in [3.8, 4) is 0 Å². The standard InChI is InChI=1S/C25H28NO/c1-2-18-15-26(12-11-19(18)14-22(26)17-27)16-25-23-9-5-3-7-20(23)13-21-8-4-6-10-24(21)25/h2-10,13,18-19,22,27H,1,11-12,14-17H2/q+1/t18-,19?,22-,26?/m0/s1. The summed E-state index contributed by atoms with van der Waals surface area (Å²) in [5, 5.41) is 15.6. The Hall–Kier alpha value is -2.16. The molecule has 0 saturated carbocycles. The zero-order chi connectivity index (χ0) is 18.4. The molecule has 0 aromatic heterocycles. The molecule has 2 unspecified atom stereocenters. The van der Waals surface area contributed by atoms with Crippen LogP contribution in [0.1, 0.15) is 18.4 Å². The van der Waals surface area contributed by atoms with Crippen LogP contribution in [-0.2, 0) is 6.54 Å². The Morgan fingerprint density at radius 2 is 1.70 bits per heavy atom. The molecule has 3 aromatic carbocycles. The highest BCUT2D eigenvalue weighted by atomic mass is 16.3. The lowest BCUT2D eigenvalue weighted by Gasteiger charge is -2.56. The van der Waals surface area contributed by atoms with E-state index in [2.05, 4.69) is 67.3 Å². The van der Waals surface area contributed by atoms with Gasteiger partial charge in [-0.2, -0.15) is 0 Å². The maximum Gasteiger partial charge on any atom is 0.113 e. The van der Waals surface area contributed by atoms with Crippen LogP contribution in [0.5, 0.6) is 0 Å². The SMILES string of the molecule is C=C[C@H]1C[N+]2(Cc3c4ccccc4cc4ccccc34)CCC1C[C@H]2CO. The van der Waals surface area contributed by atoms with Crippen LogP contribution in [0, 0.1) is 11.8 Å². The van der Waals surface area contributed by atoms with Gasteiger partial charge in [0.05, 0.1) is 19.7 Å². The highest BCUT2D eigenvalue weighted by Crippen LogP contribution is 2.44. The number of aliphatic hydroxyl groups is 1. The van der Waals surface area contributed by atoms with Crippen LogP contribution in [0.25, 0.3) is 21.5 Å². The maximum atomic E-state index is 10.2. The van der Waals surface area contributed by atoms with Crippen LogP contribution in [-0.4, -0.2) is 35.3 Å². The van der Waals surface area contributed by atoms with E-state index in [0.29, 0.717) is 24.5 Å². The predicted octanol–water partition coefficient (Wildman–Crippen LogP) is 4.90. The number of aliphatic hydroxyl groups excluding tert-OH is 1. The molecule has 27 heavy (non-hydrogen) atoms. The molecule has 2 bridgehead atoms. The zero-order valence-corrected chi connectivity index (χ0v) is 15.8. The highest BCUT2D eigenvalue weighted by molar-refractivity contribution is 6.02. The molecular formula is C25H28NO+. The highest BCUT2D eigenvalue weighted by Gasteiger charge is 2.51. The average Bonchev–Trinajstić information content (AvgIpc) is 2.73. The molecule has 1 N–H and O–H groups in total. The monoisotopic (exact) mass is 358 g/mol. The topological polar surface area (TPSA) is 20.2 Å². The van der Waals surface area contributed by atoms with Gasteiger partial charge in [-0.05, 0) is 33.5 Å². The van der Waals surface area contributed by atoms with Gasteiger partial charge in [-0.25, -0.2) is 0 Å². The van der Waals surface area contributed by atoms with E-state index in [9.17, 15) is 5.11 Å². The lowest BCUT2D eigenvalue weighted by molar-refractivity contribution is -0.981. The normalized spacial score (nSPS) is 30.0. The fraction of sp³-hybridized carbons (Fsp3) is 0.360. The average molecular weight is 359 g/mol. The quantitative estimate of drug-likeness (QED) is 0.400. The van der Waals surface area contributed by atoms with E-state index in [1.165, 1.54) is 40.1 Å². The molecule has 0 amide bonds. The smallest absolute Gasteiger partial charge is 0.113 e. The van der Waals surface area contributed by atoms with E-state index in [4.69, 9.17) is 0 Å². The third-order valence-corrected chi connectivity index (χ3v) is 7.34. The third-order valence-electron chi connectivity index (χ3n) is 7.34. The van der Waals surface area contributed by atoms with E-state index < -0.39 is 0 Å². The minimum absolute atomic E-state index is 0.295. The summed E-state index contributed by atoms with van der Waals surface area (Å²) in [6.07, 6.45) is 4.57. The zero-order valence-electron chi connectivity index (χ0n) is 15.8. The summed E-state index contributed by atoms with van der Waals surface area (Å²) in [6.45, 7) is 7.72. The Kier molecular flexibility index (Phi) is 4.07. The van der Waals surface area contributed by atoms with Gasteiger partial charge in [0.25, 0.3) is 0 Å². The summed E-state index contributed by atoms with van der Waals surface area (Å²) < 4.78 is 1.02. The predicted molar refractivity (Wildman–Crippen MR) is 112 cm³/mol. The van der Waals surface area contributed by atoms with Crippen molar-refractivity contribution in [3.63, 3.8) is 0 Å². The lowest BCUT2D eigenvalue weighted by atomic mass is 9.73. The van der Waals surface area contributed by atoms with Crippen molar-refractivity contribution in [2.24, 2.45) is 11.8 Å².